The van der Waals surface area contributed by atoms with Crippen LogP contribution in [0.5, 0.6) is 0 Å². The van der Waals surface area contributed by atoms with Gasteiger partial charge in [-0.25, -0.2) is 0 Å². The molecule has 1 heterocycles. The standard InChI is InChI=1S/C9H13NOS.ClH.H2O/c1-2-3-8(9(10)11)7-4-5-12-6-7;;/h4-6,8H,2-3H2,1H3,(H2,10,11);1H;1H2. The van der Waals surface area contributed by atoms with Crippen molar-refractivity contribution in [1.29, 1.82) is 0 Å². The number of thiophene rings is 1. The molecular weight excluding hydrogens is 222 g/mol. The maximum absolute atomic E-state index is 11.0. The van der Waals surface area contributed by atoms with Crippen LogP contribution in [0.4, 0.5) is 0 Å². The molecule has 0 fully saturated rings. The first-order chi connectivity index (χ1) is 5.75. The maximum atomic E-state index is 11.0. The number of amides is 1. The van der Waals surface area contributed by atoms with Gasteiger partial charge in [-0.3, -0.25) is 4.79 Å². The van der Waals surface area contributed by atoms with E-state index in [-0.39, 0.29) is 29.7 Å². The van der Waals surface area contributed by atoms with Crippen molar-refractivity contribution in [3.8, 4) is 0 Å². The summed E-state index contributed by atoms with van der Waals surface area (Å²) >= 11 is 1.60. The van der Waals surface area contributed by atoms with Crippen molar-refractivity contribution in [2.75, 3.05) is 0 Å². The average Bonchev–Trinajstić information content (AvgIpc) is 2.51. The molecule has 0 aliphatic carbocycles. The molecule has 0 aromatic carbocycles. The first kappa shape index (κ1) is 15.9. The molecule has 0 saturated carbocycles. The lowest BCUT2D eigenvalue weighted by Crippen LogP contribution is -2.20. The second kappa shape index (κ2) is 7.79. The molecule has 14 heavy (non-hydrogen) atoms. The van der Waals surface area contributed by atoms with Gasteiger partial charge in [-0.2, -0.15) is 11.3 Å². The van der Waals surface area contributed by atoms with Crippen molar-refractivity contribution in [2.45, 2.75) is 25.7 Å². The van der Waals surface area contributed by atoms with E-state index in [1.54, 1.807) is 11.3 Å². The zero-order valence-corrected chi connectivity index (χ0v) is 9.66. The van der Waals surface area contributed by atoms with E-state index in [1.165, 1.54) is 0 Å². The molecule has 1 atom stereocenters. The fraction of sp³-hybridized carbons (Fsp3) is 0.444. The molecule has 1 amide bonds. The highest BCUT2D eigenvalue weighted by molar-refractivity contribution is 7.08. The van der Waals surface area contributed by atoms with Gasteiger partial charge in [0.05, 0.1) is 5.92 Å². The molecule has 1 aromatic heterocycles. The van der Waals surface area contributed by atoms with Crippen molar-refractivity contribution in [1.82, 2.24) is 0 Å². The van der Waals surface area contributed by atoms with Crippen molar-refractivity contribution in [2.24, 2.45) is 5.73 Å². The van der Waals surface area contributed by atoms with E-state index in [9.17, 15) is 4.79 Å². The van der Waals surface area contributed by atoms with E-state index in [2.05, 4.69) is 6.92 Å². The highest BCUT2D eigenvalue weighted by Crippen LogP contribution is 2.22. The van der Waals surface area contributed by atoms with Crippen LogP contribution in [-0.2, 0) is 4.79 Å². The fourth-order valence-electron chi connectivity index (χ4n) is 1.24. The highest BCUT2D eigenvalue weighted by atomic mass is 35.5. The Morgan fingerprint density at radius 2 is 2.29 bits per heavy atom. The monoisotopic (exact) mass is 237 g/mol. The molecule has 0 aliphatic heterocycles. The smallest absolute Gasteiger partial charge is 0.224 e. The number of carbonyl (C=O) groups excluding carboxylic acids is 1. The molecule has 3 nitrogen and oxygen atoms in total. The van der Waals surface area contributed by atoms with Gasteiger partial charge in [0.2, 0.25) is 5.91 Å². The van der Waals surface area contributed by atoms with Crippen molar-refractivity contribution >= 4 is 29.7 Å². The first-order valence-electron chi connectivity index (χ1n) is 4.07. The Labute approximate surface area is 94.0 Å². The lowest BCUT2D eigenvalue weighted by atomic mass is 9.97. The lowest BCUT2D eigenvalue weighted by Gasteiger charge is -2.09. The van der Waals surface area contributed by atoms with Crippen LogP contribution in [0.1, 0.15) is 31.2 Å². The fourth-order valence-corrected chi connectivity index (χ4v) is 1.95. The van der Waals surface area contributed by atoms with E-state index < -0.39 is 0 Å². The molecule has 1 aromatic rings. The Hall–Kier alpha value is -0.580. The van der Waals surface area contributed by atoms with Gasteiger partial charge in [0.15, 0.2) is 0 Å². The van der Waals surface area contributed by atoms with E-state index >= 15 is 0 Å². The van der Waals surface area contributed by atoms with Gasteiger partial charge in [0.1, 0.15) is 0 Å². The van der Waals surface area contributed by atoms with Crippen LogP contribution in [-0.4, -0.2) is 11.4 Å². The second-order valence-corrected chi connectivity index (χ2v) is 3.58. The van der Waals surface area contributed by atoms with Crippen molar-refractivity contribution in [3.05, 3.63) is 22.4 Å². The van der Waals surface area contributed by atoms with Gasteiger partial charge in [0.25, 0.3) is 0 Å². The van der Waals surface area contributed by atoms with Crippen molar-refractivity contribution in [3.63, 3.8) is 0 Å². The Bertz CT molecular complexity index is 251. The molecule has 0 radical (unpaired) electrons. The summed E-state index contributed by atoms with van der Waals surface area (Å²) < 4.78 is 0. The van der Waals surface area contributed by atoms with Gasteiger partial charge < -0.3 is 11.2 Å². The molecule has 82 valence electrons. The average molecular weight is 238 g/mol. The number of rotatable bonds is 4. The number of carbonyl (C=O) groups is 1. The second-order valence-electron chi connectivity index (χ2n) is 2.80. The number of hydrogen-bond acceptors (Lipinski definition) is 2. The van der Waals surface area contributed by atoms with Gasteiger partial charge in [-0.05, 0) is 28.8 Å². The minimum Gasteiger partial charge on any atom is -0.412 e. The lowest BCUT2D eigenvalue weighted by molar-refractivity contribution is -0.119. The van der Waals surface area contributed by atoms with Crippen LogP contribution in [0.15, 0.2) is 16.8 Å². The number of nitrogens with two attached hydrogens (primary N) is 1. The third-order valence-electron chi connectivity index (χ3n) is 1.87. The third-order valence-corrected chi connectivity index (χ3v) is 2.57. The van der Waals surface area contributed by atoms with Gasteiger partial charge in [-0.15, -0.1) is 12.4 Å². The largest absolute Gasteiger partial charge is 0.412 e. The SMILES string of the molecule is CCCC(C(N)=O)c1ccsc1.Cl.O. The van der Waals surface area contributed by atoms with Crippen LogP contribution in [0.3, 0.4) is 0 Å². The normalized spacial score (nSPS) is 10.9. The maximum Gasteiger partial charge on any atom is 0.224 e. The summed E-state index contributed by atoms with van der Waals surface area (Å²) in [4.78, 5) is 11.0. The van der Waals surface area contributed by atoms with Gasteiger partial charge in [0, 0.05) is 0 Å². The molecule has 1 unspecified atom stereocenters. The van der Waals surface area contributed by atoms with E-state index in [1.807, 2.05) is 16.8 Å². The minimum atomic E-state index is -0.213. The summed E-state index contributed by atoms with van der Waals surface area (Å²) in [7, 11) is 0. The molecule has 0 aliphatic rings. The van der Waals surface area contributed by atoms with Crippen molar-refractivity contribution < 1.29 is 10.3 Å². The van der Waals surface area contributed by atoms with Gasteiger partial charge in [-0.1, -0.05) is 13.3 Å². The summed E-state index contributed by atoms with van der Waals surface area (Å²) in [5.74, 6) is -0.295. The summed E-state index contributed by atoms with van der Waals surface area (Å²) in [5, 5.41) is 3.96. The number of primary amides is 1. The zero-order valence-electron chi connectivity index (χ0n) is 8.03. The Balaban J connectivity index is 0. The Kier molecular flexibility index (Phi) is 8.83. The van der Waals surface area contributed by atoms with Crippen LogP contribution in [0.25, 0.3) is 0 Å². The molecular formula is C9H16ClNO2S. The predicted molar refractivity (Wildman–Crippen MR) is 62.0 cm³/mol. The van der Waals surface area contributed by atoms with Crippen LogP contribution < -0.4 is 5.73 Å². The molecule has 0 bridgehead atoms. The summed E-state index contributed by atoms with van der Waals surface area (Å²) in [5.41, 5.74) is 6.34. The van der Waals surface area contributed by atoms with E-state index in [0.717, 1.165) is 18.4 Å². The quantitative estimate of drug-likeness (QED) is 0.851. The Morgan fingerprint density at radius 3 is 2.64 bits per heavy atom. The summed E-state index contributed by atoms with van der Waals surface area (Å²) in [6.07, 6.45) is 1.84. The van der Waals surface area contributed by atoms with E-state index in [4.69, 9.17) is 5.73 Å². The predicted octanol–water partition coefficient (Wildman–Crippen LogP) is 1.71. The molecule has 0 spiro atoms. The third kappa shape index (κ3) is 4.09. The molecule has 0 saturated heterocycles. The topological polar surface area (TPSA) is 74.6 Å². The summed E-state index contributed by atoms with van der Waals surface area (Å²) in [6, 6.07) is 1.97. The first-order valence-corrected chi connectivity index (χ1v) is 5.01. The zero-order chi connectivity index (χ0) is 8.97. The minimum absolute atomic E-state index is 0. The molecule has 5 heteroatoms. The molecule has 1 rings (SSSR count). The highest BCUT2D eigenvalue weighted by Gasteiger charge is 2.16. The number of halogens is 1. The Morgan fingerprint density at radius 1 is 1.64 bits per heavy atom. The van der Waals surface area contributed by atoms with Crippen LogP contribution >= 0.6 is 23.7 Å². The summed E-state index contributed by atoms with van der Waals surface area (Å²) in [6.45, 7) is 2.06. The van der Waals surface area contributed by atoms with Gasteiger partial charge >= 0.3 is 0 Å². The van der Waals surface area contributed by atoms with E-state index in [0.29, 0.717) is 0 Å². The van der Waals surface area contributed by atoms with Crippen LogP contribution in [0.2, 0.25) is 0 Å². The number of hydrogen-bond donors (Lipinski definition) is 1. The van der Waals surface area contributed by atoms with Crippen LogP contribution in [0, 0.1) is 0 Å². The molecule has 4 N–H and O–H groups in total.